The Balaban J connectivity index is 2.68. The van der Waals surface area contributed by atoms with Crippen molar-refractivity contribution in [1.82, 2.24) is 4.90 Å². The Morgan fingerprint density at radius 1 is 1.35 bits per heavy atom. The van der Waals surface area contributed by atoms with E-state index in [2.05, 4.69) is 11.8 Å². The van der Waals surface area contributed by atoms with Gasteiger partial charge < -0.3 is 10.2 Å². The molecule has 4 nitrogen and oxygen atoms in total. The first kappa shape index (κ1) is 14.5. The van der Waals surface area contributed by atoms with E-state index in [1.807, 2.05) is 0 Å². The molecule has 0 spiro atoms. The van der Waals surface area contributed by atoms with Crippen molar-refractivity contribution >= 4 is 5.97 Å². The summed E-state index contributed by atoms with van der Waals surface area (Å²) in [7, 11) is 0. The lowest BCUT2D eigenvalue weighted by Gasteiger charge is -2.37. The van der Waals surface area contributed by atoms with E-state index >= 15 is 0 Å². The van der Waals surface area contributed by atoms with E-state index < -0.39 is 12.0 Å². The lowest BCUT2D eigenvalue weighted by molar-refractivity contribution is -0.145. The van der Waals surface area contributed by atoms with Gasteiger partial charge in [0.25, 0.3) is 0 Å². The molecule has 100 valence electrons. The fraction of sp³-hybridized carbons (Fsp3) is 0.923. The zero-order valence-corrected chi connectivity index (χ0v) is 10.8. The van der Waals surface area contributed by atoms with Crippen molar-refractivity contribution in [3.63, 3.8) is 0 Å². The van der Waals surface area contributed by atoms with Crippen LogP contribution in [0, 0.1) is 0 Å². The Morgan fingerprint density at radius 3 is 2.47 bits per heavy atom. The number of aliphatic carboxylic acids is 1. The monoisotopic (exact) mass is 243 g/mol. The standard InChI is InChI=1S/C13H25NO3/c1-2-9-14(11-6-4-3-5-7-11)12(8-10-15)13(16)17/h11-12,15H,2-10H2,1H3,(H,16,17)/t12-/m0/s1. The van der Waals surface area contributed by atoms with Crippen LogP contribution in [0.3, 0.4) is 0 Å². The summed E-state index contributed by atoms with van der Waals surface area (Å²) < 4.78 is 0. The van der Waals surface area contributed by atoms with Crippen LogP contribution in [0.2, 0.25) is 0 Å². The highest BCUT2D eigenvalue weighted by Crippen LogP contribution is 2.25. The summed E-state index contributed by atoms with van der Waals surface area (Å²) >= 11 is 0. The van der Waals surface area contributed by atoms with Gasteiger partial charge in [-0.3, -0.25) is 9.69 Å². The molecule has 0 aliphatic heterocycles. The molecule has 0 bridgehead atoms. The summed E-state index contributed by atoms with van der Waals surface area (Å²) in [6, 6.07) is -0.112. The van der Waals surface area contributed by atoms with Gasteiger partial charge in [-0.2, -0.15) is 0 Å². The first-order chi connectivity index (χ1) is 8.20. The number of aliphatic hydroxyl groups excluding tert-OH is 1. The van der Waals surface area contributed by atoms with Crippen LogP contribution < -0.4 is 0 Å². The fourth-order valence-electron chi connectivity index (χ4n) is 2.82. The minimum atomic E-state index is -0.793. The largest absolute Gasteiger partial charge is 0.480 e. The molecule has 1 rings (SSSR count). The van der Waals surface area contributed by atoms with Gasteiger partial charge in [0.2, 0.25) is 0 Å². The van der Waals surface area contributed by atoms with Gasteiger partial charge in [-0.25, -0.2) is 0 Å². The van der Waals surface area contributed by atoms with Crippen molar-refractivity contribution in [2.24, 2.45) is 0 Å². The van der Waals surface area contributed by atoms with E-state index in [1.165, 1.54) is 19.3 Å². The number of aliphatic hydroxyl groups is 1. The third kappa shape index (κ3) is 4.28. The third-order valence-electron chi connectivity index (χ3n) is 3.61. The normalized spacial score (nSPS) is 19.5. The highest BCUT2D eigenvalue weighted by molar-refractivity contribution is 5.73. The third-order valence-corrected chi connectivity index (χ3v) is 3.61. The van der Waals surface area contributed by atoms with Crippen LogP contribution in [0.15, 0.2) is 0 Å². The van der Waals surface area contributed by atoms with Crippen molar-refractivity contribution in [2.75, 3.05) is 13.2 Å². The van der Waals surface area contributed by atoms with E-state index in [9.17, 15) is 9.90 Å². The van der Waals surface area contributed by atoms with Gasteiger partial charge in [-0.15, -0.1) is 0 Å². The summed E-state index contributed by atoms with van der Waals surface area (Å²) in [5, 5.41) is 18.3. The molecule has 1 atom stereocenters. The Bertz CT molecular complexity index is 227. The molecular formula is C13H25NO3. The molecule has 1 fully saturated rings. The summed E-state index contributed by atoms with van der Waals surface area (Å²) in [6.45, 7) is 2.85. The van der Waals surface area contributed by atoms with Crippen molar-refractivity contribution in [3.8, 4) is 0 Å². The Morgan fingerprint density at radius 2 is 2.00 bits per heavy atom. The minimum absolute atomic E-state index is 0.0517. The van der Waals surface area contributed by atoms with Crippen LogP contribution in [0.5, 0.6) is 0 Å². The molecule has 0 aromatic heterocycles. The maximum atomic E-state index is 11.3. The van der Waals surface area contributed by atoms with Gasteiger partial charge in [0.1, 0.15) is 6.04 Å². The summed E-state index contributed by atoms with van der Waals surface area (Å²) in [5.41, 5.74) is 0. The van der Waals surface area contributed by atoms with Crippen LogP contribution in [-0.2, 0) is 4.79 Å². The molecule has 17 heavy (non-hydrogen) atoms. The van der Waals surface area contributed by atoms with Crippen molar-refractivity contribution in [2.45, 2.75) is 64.0 Å². The van der Waals surface area contributed by atoms with E-state index in [-0.39, 0.29) is 6.61 Å². The summed E-state index contributed by atoms with van der Waals surface area (Å²) in [6.07, 6.45) is 7.20. The first-order valence-corrected chi connectivity index (χ1v) is 6.80. The molecule has 2 N–H and O–H groups in total. The number of rotatable bonds is 7. The molecule has 1 aliphatic rings. The molecule has 4 heteroatoms. The quantitative estimate of drug-likeness (QED) is 0.716. The molecular weight excluding hydrogens is 218 g/mol. The molecule has 1 aliphatic carbocycles. The maximum absolute atomic E-state index is 11.3. The van der Waals surface area contributed by atoms with Crippen LogP contribution in [-0.4, -0.2) is 46.3 Å². The van der Waals surface area contributed by atoms with Gasteiger partial charge >= 0.3 is 5.97 Å². The average molecular weight is 243 g/mol. The van der Waals surface area contributed by atoms with E-state index in [1.54, 1.807) is 0 Å². The zero-order chi connectivity index (χ0) is 12.7. The molecule has 0 unspecified atom stereocenters. The lowest BCUT2D eigenvalue weighted by atomic mass is 9.92. The fourth-order valence-corrected chi connectivity index (χ4v) is 2.82. The smallest absolute Gasteiger partial charge is 0.321 e. The van der Waals surface area contributed by atoms with E-state index in [0.29, 0.717) is 12.5 Å². The number of nitrogens with zero attached hydrogens (tertiary/aromatic N) is 1. The highest BCUT2D eigenvalue weighted by Gasteiger charge is 2.30. The molecule has 0 amide bonds. The van der Waals surface area contributed by atoms with Crippen molar-refractivity contribution in [3.05, 3.63) is 0 Å². The maximum Gasteiger partial charge on any atom is 0.321 e. The van der Waals surface area contributed by atoms with Gasteiger partial charge in [0.05, 0.1) is 0 Å². The molecule has 0 aromatic carbocycles. The van der Waals surface area contributed by atoms with Crippen LogP contribution in [0.25, 0.3) is 0 Å². The Labute approximate surface area is 104 Å². The molecule has 1 saturated carbocycles. The minimum Gasteiger partial charge on any atom is -0.480 e. The highest BCUT2D eigenvalue weighted by atomic mass is 16.4. The van der Waals surface area contributed by atoms with Gasteiger partial charge in [0, 0.05) is 12.6 Å². The topological polar surface area (TPSA) is 60.8 Å². The Kier molecular flexibility index (Phi) is 6.52. The number of hydrogen-bond acceptors (Lipinski definition) is 3. The second kappa shape index (κ2) is 7.67. The van der Waals surface area contributed by atoms with Crippen molar-refractivity contribution in [1.29, 1.82) is 0 Å². The van der Waals surface area contributed by atoms with E-state index in [4.69, 9.17) is 5.11 Å². The molecule has 0 aromatic rings. The van der Waals surface area contributed by atoms with E-state index in [0.717, 1.165) is 25.8 Å². The second-order valence-corrected chi connectivity index (χ2v) is 4.90. The van der Waals surface area contributed by atoms with Gasteiger partial charge in [-0.1, -0.05) is 26.2 Å². The SMILES string of the molecule is CCCN(C1CCCCC1)[C@@H](CCO)C(=O)O. The predicted octanol–water partition coefficient (Wildman–Crippen LogP) is 1.87. The number of carboxylic acid groups (broad SMARTS) is 1. The number of carboxylic acids is 1. The van der Waals surface area contributed by atoms with Crippen LogP contribution in [0.1, 0.15) is 51.9 Å². The summed E-state index contributed by atoms with van der Waals surface area (Å²) in [5.74, 6) is -0.793. The lowest BCUT2D eigenvalue weighted by Crippen LogP contribution is -2.48. The predicted molar refractivity (Wildman–Crippen MR) is 67.0 cm³/mol. The zero-order valence-electron chi connectivity index (χ0n) is 10.8. The van der Waals surface area contributed by atoms with Crippen LogP contribution in [0.4, 0.5) is 0 Å². The van der Waals surface area contributed by atoms with Gasteiger partial charge in [-0.05, 0) is 32.2 Å². The first-order valence-electron chi connectivity index (χ1n) is 6.80. The Hall–Kier alpha value is -0.610. The molecule has 0 saturated heterocycles. The van der Waals surface area contributed by atoms with Gasteiger partial charge in [0.15, 0.2) is 0 Å². The molecule has 0 heterocycles. The number of hydrogen-bond donors (Lipinski definition) is 2. The second-order valence-electron chi connectivity index (χ2n) is 4.90. The summed E-state index contributed by atoms with van der Waals surface area (Å²) in [4.78, 5) is 13.4. The van der Waals surface area contributed by atoms with Crippen molar-refractivity contribution < 1.29 is 15.0 Å². The van der Waals surface area contributed by atoms with Crippen LogP contribution >= 0.6 is 0 Å². The molecule has 0 radical (unpaired) electrons. The number of carbonyl (C=O) groups is 1. The average Bonchev–Trinajstić information content (AvgIpc) is 2.34.